The van der Waals surface area contributed by atoms with Crippen molar-refractivity contribution in [2.45, 2.75) is 108 Å². The van der Waals surface area contributed by atoms with Crippen LogP contribution in [0.4, 0.5) is 37.1 Å². The number of anilines is 1. The first-order chi connectivity index (χ1) is 23.6. The maximum absolute atomic E-state index is 13.8. The summed E-state index contributed by atoms with van der Waals surface area (Å²) in [4.78, 5) is 37.3. The summed E-state index contributed by atoms with van der Waals surface area (Å²) in [6.45, 7) is 3.43. The predicted molar refractivity (Wildman–Crippen MR) is 170 cm³/mol. The molecule has 10 nitrogen and oxygen atoms in total. The number of aromatic nitrogens is 4. The van der Waals surface area contributed by atoms with Crippen molar-refractivity contribution in [3.63, 3.8) is 0 Å². The standard InChI is InChI=1S/C34H40F6N6O4/c1-4-26-13-28(14-27(5-2)46(26)32(49)50-29-8-6-21(7-9-29)30(47)48)45(31-41-15-22(16-42-31)23-17-43-44(3)19-23)18-20-10-24(33(35,36)37)12-25(11-20)34(38,39)40/h10-12,15-17,19,21,26-29H,4-9,13-14,18H2,1-3H3,(H,47,48)/t21?,26-,27?,28?,29?/m0/s1. The fourth-order valence-electron chi connectivity index (χ4n) is 7.02. The second-order valence-electron chi connectivity index (χ2n) is 13.1. The molecular formula is C34H40F6N6O4. The van der Waals surface area contributed by atoms with Gasteiger partial charge in [0.15, 0.2) is 0 Å². The molecule has 3 atom stereocenters. The van der Waals surface area contributed by atoms with Crippen LogP contribution in [0, 0.1) is 5.92 Å². The molecule has 3 heterocycles. The predicted octanol–water partition coefficient (Wildman–Crippen LogP) is 7.72. The monoisotopic (exact) mass is 710 g/mol. The summed E-state index contributed by atoms with van der Waals surface area (Å²) in [5.41, 5.74) is -1.70. The number of piperidine rings is 1. The summed E-state index contributed by atoms with van der Waals surface area (Å²) in [7, 11) is 1.74. The van der Waals surface area contributed by atoms with Gasteiger partial charge in [0, 0.05) is 61.4 Å². The Morgan fingerprint density at radius 3 is 1.90 bits per heavy atom. The zero-order chi connectivity index (χ0) is 36.4. The van der Waals surface area contributed by atoms with Crippen molar-refractivity contribution in [1.82, 2.24) is 24.6 Å². The number of hydrogen-bond acceptors (Lipinski definition) is 7. The fraction of sp³-hybridized carbons (Fsp3) is 0.559. The van der Waals surface area contributed by atoms with E-state index < -0.39 is 53.6 Å². The highest BCUT2D eigenvalue weighted by molar-refractivity contribution is 5.70. The van der Waals surface area contributed by atoms with Crippen molar-refractivity contribution in [3.8, 4) is 11.1 Å². The number of alkyl halides is 6. The molecule has 0 radical (unpaired) electrons. The molecule has 0 spiro atoms. The van der Waals surface area contributed by atoms with Crippen molar-refractivity contribution < 1.29 is 45.8 Å². The summed E-state index contributed by atoms with van der Waals surface area (Å²) in [5, 5.41) is 13.5. The Labute approximate surface area is 285 Å². The van der Waals surface area contributed by atoms with E-state index in [1.165, 1.54) is 12.4 Å². The number of carboxylic acid groups (broad SMARTS) is 1. The number of carboxylic acids is 1. The minimum absolute atomic E-state index is 0.103. The SMILES string of the molecule is CCC1CC(N(Cc2cc(C(F)(F)F)cc(C(F)(F)F)c2)c2ncc(-c3cnn(C)c3)cn2)C[C@H](CC)N1C(=O)OC1CCC(C(=O)O)CC1. The van der Waals surface area contributed by atoms with E-state index >= 15 is 0 Å². The lowest BCUT2D eigenvalue weighted by Crippen LogP contribution is -2.57. The number of carbonyl (C=O) groups is 2. The van der Waals surface area contributed by atoms with Gasteiger partial charge in [0.2, 0.25) is 5.95 Å². The first-order valence-corrected chi connectivity index (χ1v) is 16.6. The quantitative estimate of drug-likeness (QED) is 0.225. The molecule has 1 aliphatic carbocycles. The topological polar surface area (TPSA) is 114 Å². The molecule has 2 aromatic heterocycles. The van der Waals surface area contributed by atoms with E-state index in [-0.39, 0.29) is 36.2 Å². The van der Waals surface area contributed by atoms with Crippen LogP contribution in [0.25, 0.3) is 11.1 Å². The molecule has 5 rings (SSSR count). The number of aliphatic carboxylic acids is 1. The van der Waals surface area contributed by atoms with Gasteiger partial charge >= 0.3 is 24.4 Å². The number of ether oxygens (including phenoxy) is 1. The van der Waals surface area contributed by atoms with Gasteiger partial charge in [-0.1, -0.05) is 13.8 Å². The number of likely N-dealkylation sites (tertiary alicyclic amines) is 1. The van der Waals surface area contributed by atoms with Crippen LogP contribution in [-0.2, 0) is 35.5 Å². The van der Waals surface area contributed by atoms with Crippen LogP contribution >= 0.6 is 0 Å². The highest BCUT2D eigenvalue weighted by Crippen LogP contribution is 2.39. The summed E-state index contributed by atoms with van der Waals surface area (Å²) in [6, 6.07) is 0.328. The van der Waals surface area contributed by atoms with Crippen molar-refractivity contribution >= 4 is 18.0 Å². The maximum Gasteiger partial charge on any atom is 0.416 e. The third-order valence-corrected chi connectivity index (χ3v) is 9.69. The van der Waals surface area contributed by atoms with Gasteiger partial charge in [-0.2, -0.15) is 31.4 Å². The smallest absolute Gasteiger partial charge is 0.416 e. The molecular weight excluding hydrogens is 670 g/mol. The molecule has 272 valence electrons. The van der Waals surface area contributed by atoms with Gasteiger partial charge in [0.05, 0.1) is 23.2 Å². The molecule has 2 aliphatic rings. The second-order valence-corrected chi connectivity index (χ2v) is 13.1. The van der Waals surface area contributed by atoms with Crippen molar-refractivity contribution in [2.75, 3.05) is 4.90 Å². The minimum atomic E-state index is -5.01. The van der Waals surface area contributed by atoms with Crippen LogP contribution in [0.2, 0.25) is 0 Å². The van der Waals surface area contributed by atoms with Gasteiger partial charge in [0.1, 0.15) is 6.10 Å². The molecule has 16 heteroatoms. The van der Waals surface area contributed by atoms with Crippen LogP contribution < -0.4 is 4.90 Å². The number of hydrogen-bond donors (Lipinski definition) is 1. The van der Waals surface area contributed by atoms with E-state index in [4.69, 9.17) is 4.74 Å². The fourth-order valence-corrected chi connectivity index (χ4v) is 7.02. The Bertz CT molecular complexity index is 1590. The van der Waals surface area contributed by atoms with Gasteiger partial charge in [-0.05, 0) is 75.1 Å². The van der Waals surface area contributed by atoms with Crippen molar-refractivity contribution in [2.24, 2.45) is 13.0 Å². The number of rotatable bonds is 9. The Balaban J connectivity index is 1.46. The van der Waals surface area contributed by atoms with E-state index in [0.29, 0.717) is 69.1 Å². The normalized spacial score (nSPS) is 23.1. The lowest BCUT2D eigenvalue weighted by Gasteiger charge is -2.47. The highest BCUT2D eigenvalue weighted by Gasteiger charge is 2.42. The first-order valence-electron chi connectivity index (χ1n) is 16.6. The number of aryl methyl sites for hydroxylation is 1. The van der Waals surface area contributed by atoms with Gasteiger partial charge in [0.25, 0.3) is 0 Å². The van der Waals surface area contributed by atoms with Gasteiger partial charge in [-0.15, -0.1) is 0 Å². The van der Waals surface area contributed by atoms with Gasteiger partial charge in [-0.25, -0.2) is 14.8 Å². The molecule has 2 unspecified atom stereocenters. The molecule has 0 bridgehead atoms. The van der Waals surface area contributed by atoms with E-state index in [2.05, 4.69) is 15.1 Å². The second kappa shape index (κ2) is 14.9. The zero-order valence-electron chi connectivity index (χ0n) is 27.9. The number of benzene rings is 1. The van der Waals surface area contributed by atoms with Crippen LogP contribution in [0.3, 0.4) is 0 Å². The Morgan fingerprint density at radius 1 is 0.880 bits per heavy atom. The Kier molecular flexibility index (Phi) is 11.0. The average Bonchev–Trinajstić information content (AvgIpc) is 3.52. The molecule has 1 aromatic carbocycles. The summed E-state index contributed by atoms with van der Waals surface area (Å²) >= 11 is 0. The average molecular weight is 711 g/mol. The number of amides is 1. The Hall–Kier alpha value is -4.37. The number of nitrogens with zero attached hydrogens (tertiary/aromatic N) is 6. The van der Waals surface area contributed by atoms with Crippen molar-refractivity contribution in [3.05, 3.63) is 59.7 Å². The summed E-state index contributed by atoms with van der Waals surface area (Å²) < 4.78 is 90.3. The molecule has 1 amide bonds. The van der Waals surface area contributed by atoms with Crippen molar-refractivity contribution in [1.29, 1.82) is 0 Å². The molecule has 1 saturated heterocycles. The van der Waals surface area contributed by atoms with Crippen LogP contribution in [0.1, 0.15) is 81.9 Å². The van der Waals surface area contributed by atoms with Crippen LogP contribution in [-0.4, -0.2) is 66.0 Å². The van der Waals surface area contributed by atoms with E-state index in [9.17, 15) is 41.0 Å². The lowest BCUT2D eigenvalue weighted by molar-refractivity contribution is -0.144. The van der Waals surface area contributed by atoms with Crippen LogP contribution in [0.15, 0.2) is 43.0 Å². The largest absolute Gasteiger partial charge is 0.481 e. The van der Waals surface area contributed by atoms with Gasteiger partial charge < -0.3 is 19.6 Å². The highest BCUT2D eigenvalue weighted by atomic mass is 19.4. The van der Waals surface area contributed by atoms with E-state index in [1.54, 1.807) is 33.9 Å². The third-order valence-electron chi connectivity index (χ3n) is 9.69. The minimum Gasteiger partial charge on any atom is -0.481 e. The molecule has 2 fully saturated rings. The maximum atomic E-state index is 13.8. The van der Waals surface area contributed by atoms with E-state index in [1.807, 2.05) is 13.8 Å². The van der Waals surface area contributed by atoms with E-state index in [0.717, 1.165) is 5.56 Å². The summed E-state index contributed by atoms with van der Waals surface area (Å²) in [5.74, 6) is -1.22. The first kappa shape index (κ1) is 36.9. The Morgan fingerprint density at radius 2 is 1.44 bits per heavy atom. The van der Waals surface area contributed by atoms with Crippen LogP contribution in [0.5, 0.6) is 0 Å². The molecule has 1 aliphatic heterocycles. The molecule has 50 heavy (non-hydrogen) atoms. The molecule has 1 saturated carbocycles. The molecule has 1 N–H and O–H groups in total. The number of carbonyl (C=O) groups excluding carboxylic acids is 1. The zero-order valence-corrected chi connectivity index (χ0v) is 27.9. The van der Waals surface area contributed by atoms with Gasteiger partial charge in [-0.3, -0.25) is 9.48 Å². The molecule has 3 aromatic rings. The number of halogens is 6. The lowest BCUT2D eigenvalue weighted by atomic mass is 9.87. The third kappa shape index (κ3) is 8.49. The summed E-state index contributed by atoms with van der Waals surface area (Å²) in [6.07, 6.45) is -1.20.